The van der Waals surface area contributed by atoms with Gasteiger partial charge < -0.3 is 9.64 Å². The number of aryl methyl sites for hydroxylation is 1. The zero-order valence-corrected chi connectivity index (χ0v) is 28.6. The Kier molecular flexibility index (Phi) is 11.7. The summed E-state index contributed by atoms with van der Waals surface area (Å²) in [4.78, 5) is 26.2. The molecular formula is C40H47N3O2S. The molecule has 0 radical (unpaired) electrons. The first kappa shape index (κ1) is 33.5. The van der Waals surface area contributed by atoms with E-state index in [0.29, 0.717) is 24.9 Å². The molecule has 1 atom stereocenters. The van der Waals surface area contributed by atoms with Crippen LogP contribution in [0.15, 0.2) is 95.9 Å². The number of ketones is 1. The van der Waals surface area contributed by atoms with Crippen molar-refractivity contribution in [1.82, 2.24) is 9.97 Å². The zero-order valence-electron chi connectivity index (χ0n) is 27.7. The summed E-state index contributed by atoms with van der Waals surface area (Å²) in [6, 6.07) is 24.4. The molecular weight excluding hydrogens is 587 g/mol. The Morgan fingerprint density at radius 1 is 0.978 bits per heavy atom. The molecule has 4 aromatic rings. The Labute approximate surface area is 279 Å². The maximum Gasteiger partial charge on any atom is 0.164 e. The zero-order chi connectivity index (χ0) is 32.5. The second kappa shape index (κ2) is 16.1. The van der Waals surface area contributed by atoms with Crippen molar-refractivity contribution < 1.29 is 9.53 Å². The van der Waals surface area contributed by atoms with Crippen LogP contribution in [0.2, 0.25) is 0 Å². The molecule has 1 aliphatic carbocycles. The standard InChI is InChI=1S/C40H47N3O2S/c1-6-45-33-22-20-32(21-23-33)38(44)27-35(46-34-24-14-28(2)15-25-34)26-29(3)31-18-16-30(17-19-31)10-9-13-39-41-37-12-8-7-11-36(37)40(42-39)43(4)5/h7-9,11-15,20-25,30-31,35H,3,6,10,16-19,26-27H2,1-2,4-5H3/b13-9+. The predicted octanol–water partition coefficient (Wildman–Crippen LogP) is 9.99. The predicted molar refractivity (Wildman–Crippen MR) is 194 cm³/mol. The van der Waals surface area contributed by atoms with Gasteiger partial charge in [-0.3, -0.25) is 4.79 Å². The minimum absolute atomic E-state index is 0.143. The van der Waals surface area contributed by atoms with Crippen molar-refractivity contribution in [2.24, 2.45) is 11.8 Å². The van der Waals surface area contributed by atoms with Crippen molar-refractivity contribution in [2.45, 2.75) is 68.9 Å². The molecule has 1 aliphatic rings. The average molecular weight is 634 g/mol. The number of aromatic nitrogens is 2. The lowest BCUT2D eigenvalue weighted by Crippen LogP contribution is -2.19. The highest BCUT2D eigenvalue weighted by atomic mass is 32.2. The van der Waals surface area contributed by atoms with Crippen LogP contribution in [-0.4, -0.2) is 41.7 Å². The number of benzene rings is 3. The first-order valence-electron chi connectivity index (χ1n) is 16.6. The molecule has 240 valence electrons. The average Bonchev–Trinajstić information content (AvgIpc) is 3.06. The summed E-state index contributed by atoms with van der Waals surface area (Å²) >= 11 is 1.81. The van der Waals surface area contributed by atoms with Gasteiger partial charge in [-0.2, -0.15) is 0 Å². The monoisotopic (exact) mass is 633 g/mol. The van der Waals surface area contributed by atoms with Crippen molar-refractivity contribution in [3.8, 4) is 5.75 Å². The van der Waals surface area contributed by atoms with E-state index in [1.807, 2.05) is 57.4 Å². The number of para-hydroxylation sites is 1. The van der Waals surface area contributed by atoms with Gasteiger partial charge in [-0.05, 0) is 119 Å². The number of hydrogen-bond donors (Lipinski definition) is 0. The molecule has 0 amide bonds. The third-order valence-electron chi connectivity index (χ3n) is 8.90. The Morgan fingerprint density at radius 2 is 1.70 bits per heavy atom. The maximum absolute atomic E-state index is 13.4. The summed E-state index contributed by atoms with van der Waals surface area (Å²) in [5.74, 6) is 3.85. The number of Topliss-reactive ketones (excluding diaryl/α,β-unsaturated/α-hetero) is 1. The van der Waals surface area contributed by atoms with Crippen LogP contribution in [-0.2, 0) is 0 Å². The number of rotatable bonds is 14. The first-order chi connectivity index (χ1) is 22.3. The fourth-order valence-corrected chi connectivity index (χ4v) is 7.53. The molecule has 1 unspecified atom stereocenters. The normalized spacial score (nSPS) is 17.2. The number of hydrogen-bond acceptors (Lipinski definition) is 6. The molecule has 1 fully saturated rings. The molecule has 3 aromatic carbocycles. The number of allylic oxidation sites excluding steroid dienone is 2. The fraction of sp³-hybridized carbons (Fsp3) is 0.375. The summed E-state index contributed by atoms with van der Waals surface area (Å²) in [7, 11) is 4.05. The Bertz CT molecular complexity index is 1640. The number of carbonyl (C=O) groups is 1. The quantitative estimate of drug-likeness (QED) is 0.0783. The van der Waals surface area contributed by atoms with E-state index in [-0.39, 0.29) is 11.0 Å². The highest BCUT2D eigenvalue weighted by molar-refractivity contribution is 8.00. The first-order valence-corrected chi connectivity index (χ1v) is 17.4. The van der Waals surface area contributed by atoms with Crippen molar-refractivity contribution in [3.05, 3.63) is 108 Å². The van der Waals surface area contributed by atoms with E-state index in [1.165, 1.54) is 28.9 Å². The number of nitrogens with zero attached hydrogens (tertiary/aromatic N) is 3. The highest BCUT2D eigenvalue weighted by Crippen LogP contribution is 2.39. The summed E-state index contributed by atoms with van der Waals surface area (Å²) in [6.45, 7) is 9.27. The summed E-state index contributed by atoms with van der Waals surface area (Å²) in [6.07, 6.45) is 11.4. The lowest BCUT2D eigenvalue weighted by Gasteiger charge is -2.30. The number of carbonyl (C=O) groups excluding carboxylic acids is 1. The number of ether oxygens (including phenoxy) is 1. The lowest BCUT2D eigenvalue weighted by molar-refractivity contribution is 0.0981. The fourth-order valence-electron chi connectivity index (χ4n) is 6.32. The van der Waals surface area contributed by atoms with Crippen LogP contribution in [0, 0.1) is 18.8 Å². The van der Waals surface area contributed by atoms with Crippen LogP contribution in [0.3, 0.4) is 0 Å². The Hall–Kier alpha value is -3.90. The summed E-state index contributed by atoms with van der Waals surface area (Å²) in [5.41, 5.74) is 4.24. The van der Waals surface area contributed by atoms with Crippen LogP contribution in [0.1, 0.15) is 73.6 Å². The van der Waals surface area contributed by atoms with Crippen LogP contribution < -0.4 is 9.64 Å². The van der Waals surface area contributed by atoms with E-state index < -0.39 is 0 Å². The lowest BCUT2D eigenvalue weighted by atomic mass is 9.76. The summed E-state index contributed by atoms with van der Waals surface area (Å²) in [5, 5.41) is 1.21. The molecule has 0 bridgehead atoms. The third-order valence-corrected chi connectivity index (χ3v) is 10.1. The van der Waals surface area contributed by atoms with Gasteiger partial charge in [-0.1, -0.05) is 48.1 Å². The minimum atomic E-state index is 0.143. The van der Waals surface area contributed by atoms with Crippen molar-refractivity contribution in [2.75, 3.05) is 25.6 Å². The largest absolute Gasteiger partial charge is 0.494 e. The van der Waals surface area contributed by atoms with Gasteiger partial charge in [-0.25, -0.2) is 9.97 Å². The molecule has 0 spiro atoms. The van der Waals surface area contributed by atoms with Gasteiger partial charge in [0.2, 0.25) is 0 Å². The molecule has 5 rings (SSSR count). The van der Waals surface area contributed by atoms with Crippen LogP contribution in [0.5, 0.6) is 5.75 Å². The Balaban J connectivity index is 1.17. The number of anilines is 1. The van der Waals surface area contributed by atoms with Crippen molar-refractivity contribution in [1.29, 1.82) is 0 Å². The molecule has 1 heterocycles. The summed E-state index contributed by atoms with van der Waals surface area (Å²) < 4.78 is 5.57. The molecule has 1 saturated carbocycles. The van der Waals surface area contributed by atoms with Gasteiger partial charge in [0.25, 0.3) is 0 Å². The molecule has 6 heteroatoms. The second-order valence-electron chi connectivity index (χ2n) is 12.7. The van der Waals surface area contributed by atoms with Crippen LogP contribution >= 0.6 is 11.8 Å². The minimum Gasteiger partial charge on any atom is -0.494 e. The molecule has 5 nitrogen and oxygen atoms in total. The van der Waals surface area contributed by atoms with Gasteiger partial charge in [0.15, 0.2) is 11.6 Å². The van der Waals surface area contributed by atoms with E-state index >= 15 is 0 Å². The Morgan fingerprint density at radius 3 is 2.39 bits per heavy atom. The van der Waals surface area contributed by atoms with Crippen LogP contribution in [0.25, 0.3) is 17.0 Å². The number of thioether (sulfide) groups is 1. The van der Waals surface area contributed by atoms with Crippen LogP contribution in [0.4, 0.5) is 5.82 Å². The van der Waals surface area contributed by atoms with E-state index in [1.54, 1.807) is 11.8 Å². The van der Waals surface area contributed by atoms with E-state index in [2.05, 4.69) is 67.0 Å². The maximum atomic E-state index is 13.4. The number of fused-ring (bicyclic) bond motifs is 1. The second-order valence-corrected chi connectivity index (χ2v) is 14.0. The topological polar surface area (TPSA) is 55.3 Å². The SMILES string of the molecule is C=C(CC(CC(=O)c1ccc(OCC)cc1)Sc1ccc(C)cc1)C1CCC(C/C=C/c2nc(N(C)C)c3ccccc3n2)CC1. The molecule has 0 N–H and O–H groups in total. The smallest absolute Gasteiger partial charge is 0.164 e. The molecule has 0 saturated heterocycles. The third kappa shape index (κ3) is 9.10. The van der Waals surface area contributed by atoms with Gasteiger partial charge in [0, 0.05) is 41.6 Å². The van der Waals surface area contributed by atoms with E-state index in [9.17, 15) is 4.79 Å². The molecule has 0 aliphatic heterocycles. The van der Waals surface area contributed by atoms with Gasteiger partial charge >= 0.3 is 0 Å². The van der Waals surface area contributed by atoms with E-state index in [4.69, 9.17) is 14.7 Å². The van der Waals surface area contributed by atoms with E-state index in [0.717, 1.165) is 59.5 Å². The van der Waals surface area contributed by atoms with Gasteiger partial charge in [-0.15, -0.1) is 11.8 Å². The molecule has 46 heavy (non-hydrogen) atoms. The van der Waals surface area contributed by atoms with Gasteiger partial charge in [0.05, 0.1) is 12.1 Å². The van der Waals surface area contributed by atoms with Crippen molar-refractivity contribution in [3.63, 3.8) is 0 Å². The van der Waals surface area contributed by atoms with Gasteiger partial charge in [0.1, 0.15) is 11.6 Å². The van der Waals surface area contributed by atoms with Crippen molar-refractivity contribution >= 4 is 40.3 Å². The molecule has 1 aromatic heterocycles. The highest BCUT2D eigenvalue weighted by Gasteiger charge is 2.26.